The zero-order chi connectivity index (χ0) is 13.9. The van der Waals surface area contributed by atoms with E-state index in [1.54, 1.807) is 21.1 Å². The Bertz CT molecular complexity index is 317. The zero-order valence-corrected chi connectivity index (χ0v) is 11.8. The average Bonchev–Trinajstić information content (AvgIpc) is 2.31. The molecule has 1 aliphatic carbocycles. The molecule has 2 amide bonds. The van der Waals surface area contributed by atoms with Gasteiger partial charge in [-0.25, -0.2) is 0 Å². The van der Waals surface area contributed by atoms with Crippen LogP contribution in [0.2, 0.25) is 0 Å². The van der Waals surface area contributed by atoms with Crippen molar-refractivity contribution >= 4 is 11.8 Å². The van der Waals surface area contributed by atoms with E-state index in [1.807, 2.05) is 0 Å². The molecular formula is C13H25N3O2. The summed E-state index contributed by atoms with van der Waals surface area (Å²) < 4.78 is 0. The summed E-state index contributed by atoms with van der Waals surface area (Å²) in [5, 5.41) is 0. The molecule has 0 aromatic carbocycles. The van der Waals surface area contributed by atoms with Crippen LogP contribution in [0.15, 0.2) is 0 Å². The van der Waals surface area contributed by atoms with Crippen molar-refractivity contribution in [2.75, 3.05) is 27.7 Å². The van der Waals surface area contributed by atoms with Crippen molar-refractivity contribution in [3.63, 3.8) is 0 Å². The Labute approximate surface area is 109 Å². The lowest BCUT2D eigenvalue weighted by atomic mass is 9.77. The van der Waals surface area contributed by atoms with E-state index >= 15 is 0 Å². The number of rotatable bonds is 3. The largest absolute Gasteiger partial charge is 0.347 e. The van der Waals surface area contributed by atoms with E-state index in [4.69, 9.17) is 5.73 Å². The first-order valence-corrected chi connectivity index (χ1v) is 6.55. The third-order valence-corrected chi connectivity index (χ3v) is 3.86. The molecule has 0 spiro atoms. The SMILES string of the molecule is CC1CCCC(C(=O)N(C)CC(=O)N(C)C)C1N. The van der Waals surface area contributed by atoms with E-state index in [1.165, 1.54) is 9.80 Å². The normalized spacial score (nSPS) is 27.7. The summed E-state index contributed by atoms with van der Waals surface area (Å²) in [6, 6.07) is -0.0804. The summed E-state index contributed by atoms with van der Waals surface area (Å²) in [6.07, 6.45) is 2.97. The number of amides is 2. The van der Waals surface area contributed by atoms with Crippen LogP contribution in [0.4, 0.5) is 0 Å². The highest BCUT2D eigenvalue weighted by atomic mass is 16.2. The van der Waals surface area contributed by atoms with Gasteiger partial charge in [-0.15, -0.1) is 0 Å². The molecule has 0 aliphatic heterocycles. The minimum Gasteiger partial charge on any atom is -0.347 e. The maximum atomic E-state index is 12.3. The van der Waals surface area contributed by atoms with E-state index in [-0.39, 0.29) is 30.3 Å². The van der Waals surface area contributed by atoms with Crippen LogP contribution >= 0.6 is 0 Å². The van der Waals surface area contributed by atoms with Crippen molar-refractivity contribution in [1.29, 1.82) is 0 Å². The van der Waals surface area contributed by atoms with Crippen LogP contribution in [-0.4, -0.2) is 55.3 Å². The van der Waals surface area contributed by atoms with Crippen molar-refractivity contribution in [3.8, 4) is 0 Å². The van der Waals surface area contributed by atoms with E-state index in [0.717, 1.165) is 19.3 Å². The fourth-order valence-corrected chi connectivity index (χ4v) is 2.43. The second kappa shape index (κ2) is 6.18. The molecule has 1 saturated carbocycles. The molecular weight excluding hydrogens is 230 g/mol. The minimum atomic E-state index is -0.131. The lowest BCUT2D eigenvalue weighted by Gasteiger charge is -2.35. The van der Waals surface area contributed by atoms with Crippen molar-refractivity contribution in [1.82, 2.24) is 9.80 Å². The topological polar surface area (TPSA) is 66.6 Å². The molecule has 0 aromatic heterocycles. The van der Waals surface area contributed by atoms with Gasteiger partial charge in [-0.05, 0) is 18.8 Å². The van der Waals surface area contributed by atoms with Gasteiger partial charge >= 0.3 is 0 Å². The second-order valence-corrected chi connectivity index (χ2v) is 5.57. The Morgan fingerprint density at radius 3 is 2.39 bits per heavy atom. The number of carbonyl (C=O) groups is 2. The number of hydrogen-bond acceptors (Lipinski definition) is 3. The van der Waals surface area contributed by atoms with Gasteiger partial charge < -0.3 is 15.5 Å². The highest BCUT2D eigenvalue weighted by Crippen LogP contribution is 2.28. The maximum Gasteiger partial charge on any atom is 0.241 e. The molecule has 3 atom stereocenters. The smallest absolute Gasteiger partial charge is 0.241 e. The van der Waals surface area contributed by atoms with Gasteiger partial charge in [-0.3, -0.25) is 9.59 Å². The Morgan fingerprint density at radius 1 is 1.22 bits per heavy atom. The van der Waals surface area contributed by atoms with Crippen LogP contribution in [-0.2, 0) is 9.59 Å². The number of nitrogens with zero attached hydrogens (tertiary/aromatic N) is 2. The summed E-state index contributed by atoms with van der Waals surface area (Å²) in [5.41, 5.74) is 6.11. The lowest BCUT2D eigenvalue weighted by molar-refractivity contribution is -0.142. The van der Waals surface area contributed by atoms with Gasteiger partial charge in [0.25, 0.3) is 0 Å². The van der Waals surface area contributed by atoms with Gasteiger partial charge in [0, 0.05) is 27.2 Å². The number of likely N-dealkylation sites (N-methyl/N-ethyl adjacent to an activating group) is 2. The first kappa shape index (κ1) is 15.0. The van der Waals surface area contributed by atoms with Gasteiger partial charge in [-0.2, -0.15) is 0 Å². The van der Waals surface area contributed by atoms with Gasteiger partial charge in [0.2, 0.25) is 11.8 Å². The highest BCUT2D eigenvalue weighted by Gasteiger charge is 2.34. The molecule has 18 heavy (non-hydrogen) atoms. The summed E-state index contributed by atoms with van der Waals surface area (Å²) >= 11 is 0. The Hall–Kier alpha value is -1.10. The quantitative estimate of drug-likeness (QED) is 0.788. The molecule has 5 heteroatoms. The van der Waals surface area contributed by atoms with Gasteiger partial charge in [0.05, 0.1) is 12.5 Å². The predicted molar refractivity (Wildman–Crippen MR) is 70.8 cm³/mol. The third-order valence-electron chi connectivity index (χ3n) is 3.86. The predicted octanol–water partition coefficient (Wildman–Crippen LogP) is 0.297. The van der Waals surface area contributed by atoms with Crippen LogP contribution in [0, 0.1) is 11.8 Å². The molecule has 0 radical (unpaired) electrons. The van der Waals surface area contributed by atoms with Crippen molar-refractivity contribution in [2.24, 2.45) is 17.6 Å². The molecule has 0 saturated heterocycles. The van der Waals surface area contributed by atoms with Crippen LogP contribution in [0.1, 0.15) is 26.2 Å². The Balaban J connectivity index is 2.60. The molecule has 5 nitrogen and oxygen atoms in total. The van der Waals surface area contributed by atoms with Crippen molar-refractivity contribution in [3.05, 3.63) is 0 Å². The fourth-order valence-electron chi connectivity index (χ4n) is 2.43. The molecule has 1 rings (SSSR count). The highest BCUT2D eigenvalue weighted by molar-refractivity contribution is 5.86. The molecule has 3 unspecified atom stereocenters. The van der Waals surface area contributed by atoms with Crippen LogP contribution < -0.4 is 5.73 Å². The molecule has 1 fully saturated rings. The Kier molecular flexibility index (Phi) is 5.14. The third kappa shape index (κ3) is 3.45. The van der Waals surface area contributed by atoms with E-state index in [9.17, 15) is 9.59 Å². The van der Waals surface area contributed by atoms with E-state index < -0.39 is 0 Å². The van der Waals surface area contributed by atoms with Gasteiger partial charge in [0.1, 0.15) is 0 Å². The summed E-state index contributed by atoms with van der Waals surface area (Å²) in [7, 11) is 5.06. The first-order valence-electron chi connectivity index (χ1n) is 6.55. The van der Waals surface area contributed by atoms with Crippen LogP contribution in [0.25, 0.3) is 0 Å². The first-order chi connectivity index (χ1) is 8.34. The molecule has 0 aromatic rings. The molecule has 0 bridgehead atoms. The molecule has 104 valence electrons. The maximum absolute atomic E-state index is 12.3. The summed E-state index contributed by atoms with van der Waals surface area (Å²) in [4.78, 5) is 26.9. The van der Waals surface area contributed by atoms with E-state index in [2.05, 4.69) is 6.92 Å². The second-order valence-electron chi connectivity index (χ2n) is 5.57. The van der Waals surface area contributed by atoms with Gasteiger partial charge in [0.15, 0.2) is 0 Å². The summed E-state index contributed by atoms with van der Waals surface area (Å²) in [6.45, 7) is 2.22. The molecule has 2 N–H and O–H groups in total. The minimum absolute atomic E-state index is 0.00394. The van der Waals surface area contributed by atoms with Crippen molar-refractivity contribution < 1.29 is 9.59 Å². The fraction of sp³-hybridized carbons (Fsp3) is 0.846. The number of nitrogens with two attached hydrogens (primary N) is 1. The average molecular weight is 255 g/mol. The van der Waals surface area contributed by atoms with Crippen LogP contribution in [0.3, 0.4) is 0 Å². The van der Waals surface area contributed by atoms with Crippen LogP contribution in [0.5, 0.6) is 0 Å². The molecule has 0 heterocycles. The van der Waals surface area contributed by atoms with E-state index in [0.29, 0.717) is 5.92 Å². The molecule has 1 aliphatic rings. The zero-order valence-electron chi connectivity index (χ0n) is 11.8. The Morgan fingerprint density at radius 2 is 1.83 bits per heavy atom. The van der Waals surface area contributed by atoms with Gasteiger partial charge in [-0.1, -0.05) is 13.3 Å². The standard InChI is InChI=1S/C13H25N3O2/c1-9-6-5-7-10(12(9)14)13(18)16(4)8-11(17)15(2)3/h9-10,12H,5-8,14H2,1-4H3. The lowest BCUT2D eigenvalue weighted by Crippen LogP contribution is -2.49. The number of hydrogen-bond donors (Lipinski definition) is 1. The summed E-state index contributed by atoms with van der Waals surface area (Å²) in [5.74, 6) is 0.187. The monoisotopic (exact) mass is 255 g/mol. The van der Waals surface area contributed by atoms with Crippen molar-refractivity contribution in [2.45, 2.75) is 32.2 Å². The number of carbonyl (C=O) groups excluding carboxylic acids is 2.